The fourth-order valence-corrected chi connectivity index (χ4v) is 5.88. The van der Waals surface area contributed by atoms with E-state index in [2.05, 4.69) is 34.3 Å². The molecule has 0 N–H and O–H groups in total. The van der Waals surface area contributed by atoms with Crippen molar-refractivity contribution < 1.29 is 9.53 Å². The van der Waals surface area contributed by atoms with Crippen LogP contribution < -0.4 is 4.74 Å². The molecule has 2 aliphatic rings. The molecule has 0 radical (unpaired) electrons. The van der Waals surface area contributed by atoms with Gasteiger partial charge in [0.1, 0.15) is 5.75 Å². The third-order valence-electron chi connectivity index (χ3n) is 5.99. The Balaban J connectivity index is 1.07. The van der Waals surface area contributed by atoms with E-state index in [0.29, 0.717) is 11.1 Å². The van der Waals surface area contributed by atoms with E-state index >= 15 is 0 Å². The Bertz CT molecular complexity index is 1260. The number of benzene rings is 2. The maximum absolute atomic E-state index is 12.6. The average Bonchev–Trinajstić information content (AvgIpc) is 3.58. The normalized spacial score (nSPS) is 17.6. The zero-order valence-corrected chi connectivity index (χ0v) is 18.9. The van der Waals surface area contributed by atoms with Crippen molar-refractivity contribution in [3.63, 3.8) is 0 Å². The Hall–Kier alpha value is -3.16. The van der Waals surface area contributed by atoms with Gasteiger partial charge in [0, 0.05) is 43.7 Å². The number of carbonyl (C=O) groups excluding carboxylic acids is 1. The summed E-state index contributed by atoms with van der Waals surface area (Å²) in [6, 6.07) is 18.2. The molecular formula is C25H21N3O2S2. The van der Waals surface area contributed by atoms with Crippen molar-refractivity contribution in [1.29, 1.82) is 0 Å². The summed E-state index contributed by atoms with van der Waals surface area (Å²) in [6.07, 6.45) is 2.25. The smallest absolute Gasteiger partial charge is 0.279 e. The Kier molecular flexibility index (Phi) is 4.92. The predicted molar refractivity (Wildman–Crippen MR) is 128 cm³/mol. The lowest BCUT2D eigenvalue weighted by atomic mass is 10.1. The number of nitrogens with zero attached hydrogens (tertiary/aromatic N) is 3. The molecule has 1 fully saturated rings. The van der Waals surface area contributed by atoms with E-state index in [1.54, 1.807) is 22.7 Å². The van der Waals surface area contributed by atoms with Crippen LogP contribution in [0.5, 0.6) is 10.9 Å². The number of hydrogen-bond donors (Lipinski definition) is 0. The number of thiophene rings is 1. The highest BCUT2D eigenvalue weighted by Gasteiger charge is 2.35. The van der Waals surface area contributed by atoms with Gasteiger partial charge >= 0.3 is 0 Å². The molecule has 1 amide bonds. The lowest BCUT2D eigenvalue weighted by Gasteiger charge is -2.21. The van der Waals surface area contributed by atoms with Crippen LogP contribution in [0.25, 0.3) is 10.2 Å². The van der Waals surface area contributed by atoms with Gasteiger partial charge in [-0.3, -0.25) is 4.79 Å². The van der Waals surface area contributed by atoms with Crippen molar-refractivity contribution in [2.75, 3.05) is 19.6 Å². The van der Waals surface area contributed by atoms with Crippen molar-refractivity contribution in [2.24, 2.45) is 5.92 Å². The highest BCUT2D eigenvalue weighted by molar-refractivity contribution is 7.20. The molecule has 32 heavy (non-hydrogen) atoms. The maximum atomic E-state index is 12.6. The molecule has 0 bridgehead atoms. The second-order valence-electron chi connectivity index (χ2n) is 8.22. The fourth-order valence-electron chi connectivity index (χ4n) is 4.42. The highest BCUT2D eigenvalue weighted by atomic mass is 32.1. The number of amides is 1. The third-order valence-corrected chi connectivity index (χ3v) is 7.58. The van der Waals surface area contributed by atoms with Crippen LogP contribution in [0.4, 0.5) is 0 Å². The summed E-state index contributed by atoms with van der Waals surface area (Å²) in [6.45, 7) is 3.38. The van der Waals surface area contributed by atoms with Crippen LogP contribution in [0, 0.1) is 5.92 Å². The third kappa shape index (κ3) is 3.78. The molecule has 2 aromatic carbocycles. The molecule has 1 saturated heterocycles. The van der Waals surface area contributed by atoms with E-state index in [-0.39, 0.29) is 5.91 Å². The lowest BCUT2D eigenvalue weighted by Crippen LogP contribution is -2.30. The van der Waals surface area contributed by atoms with Crippen LogP contribution >= 0.6 is 22.7 Å². The van der Waals surface area contributed by atoms with Crippen molar-refractivity contribution in [1.82, 2.24) is 14.8 Å². The van der Waals surface area contributed by atoms with Crippen LogP contribution in [0.2, 0.25) is 0 Å². The van der Waals surface area contributed by atoms with Gasteiger partial charge in [-0.15, -0.1) is 0 Å². The Morgan fingerprint density at radius 2 is 1.97 bits per heavy atom. The molecule has 1 unspecified atom stereocenters. The molecule has 2 aromatic heterocycles. The summed E-state index contributed by atoms with van der Waals surface area (Å²) in [5.74, 6) is 1.39. The molecule has 0 spiro atoms. The Morgan fingerprint density at radius 1 is 1.09 bits per heavy atom. The summed E-state index contributed by atoms with van der Waals surface area (Å²) < 4.78 is 7.09. The van der Waals surface area contributed by atoms with Gasteiger partial charge in [0.15, 0.2) is 0 Å². The van der Waals surface area contributed by atoms with Gasteiger partial charge in [0.05, 0.1) is 15.8 Å². The first-order chi connectivity index (χ1) is 15.7. The van der Waals surface area contributed by atoms with Gasteiger partial charge in [-0.1, -0.05) is 35.6 Å². The van der Waals surface area contributed by atoms with E-state index in [9.17, 15) is 4.79 Å². The zero-order valence-electron chi connectivity index (χ0n) is 17.3. The summed E-state index contributed by atoms with van der Waals surface area (Å²) in [4.78, 5) is 21.5. The lowest BCUT2D eigenvalue weighted by molar-refractivity contribution is 0.0785. The molecule has 6 rings (SSSR count). The summed E-state index contributed by atoms with van der Waals surface area (Å²) in [7, 11) is 0. The van der Waals surface area contributed by atoms with E-state index < -0.39 is 0 Å². The molecule has 2 aliphatic heterocycles. The van der Waals surface area contributed by atoms with E-state index in [0.717, 1.165) is 47.7 Å². The number of thiazole rings is 1. The molecule has 0 aliphatic carbocycles. The van der Waals surface area contributed by atoms with Gasteiger partial charge in [0.25, 0.3) is 11.1 Å². The highest BCUT2D eigenvalue weighted by Crippen LogP contribution is 2.33. The van der Waals surface area contributed by atoms with Crippen LogP contribution in [-0.4, -0.2) is 40.3 Å². The van der Waals surface area contributed by atoms with Crippen molar-refractivity contribution >= 4 is 38.8 Å². The first-order valence-corrected chi connectivity index (χ1v) is 12.4. The van der Waals surface area contributed by atoms with Gasteiger partial charge in [-0.05, 0) is 46.8 Å². The number of fused-ring (bicyclic) bond motifs is 2. The molecule has 0 saturated carbocycles. The number of ether oxygens (including phenoxy) is 1. The maximum Gasteiger partial charge on any atom is 0.279 e. The average molecular weight is 460 g/mol. The molecule has 7 heteroatoms. The minimum atomic E-state index is 0.150. The fraction of sp³-hybridized carbons (Fsp3) is 0.200. The second kappa shape index (κ2) is 8.07. The molecular weight excluding hydrogens is 438 g/mol. The Labute approximate surface area is 194 Å². The van der Waals surface area contributed by atoms with E-state index in [4.69, 9.17) is 4.74 Å². The van der Waals surface area contributed by atoms with Crippen LogP contribution in [0.15, 0.2) is 77.1 Å². The van der Waals surface area contributed by atoms with Crippen LogP contribution in [0.1, 0.15) is 15.9 Å². The second-order valence-corrected chi connectivity index (χ2v) is 9.99. The number of para-hydroxylation sites is 1. The number of carbonyl (C=O) groups is 1. The van der Waals surface area contributed by atoms with Crippen molar-refractivity contribution in [3.05, 3.63) is 88.3 Å². The van der Waals surface area contributed by atoms with Gasteiger partial charge in [0.2, 0.25) is 0 Å². The molecule has 4 heterocycles. The largest absolute Gasteiger partial charge is 0.431 e. The van der Waals surface area contributed by atoms with E-state index in [1.807, 2.05) is 52.1 Å². The predicted octanol–water partition coefficient (Wildman–Crippen LogP) is 5.62. The quantitative estimate of drug-likeness (QED) is 0.388. The minimum absolute atomic E-state index is 0.150. The number of aromatic nitrogens is 1. The minimum Gasteiger partial charge on any atom is -0.431 e. The topological polar surface area (TPSA) is 45.7 Å². The monoisotopic (exact) mass is 459 g/mol. The van der Waals surface area contributed by atoms with Gasteiger partial charge < -0.3 is 14.5 Å². The number of rotatable bonds is 5. The molecule has 4 aromatic rings. The molecule has 160 valence electrons. The molecule has 1 atom stereocenters. The standard InChI is InChI=1S/C25H21N3O2S2/c29-24(18-9-10-31-16-18)28-14-19-12-27(13-20(19)15-28)11-17-5-7-21(8-6-17)30-25-26-22-3-1-2-4-23(22)32-25/h1-10,12,16,20H,11,13-15H2. The first kappa shape index (κ1) is 19.5. The van der Waals surface area contributed by atoms with Gasteiger partial charge in [-0.25, -0.2) is 4.98 Å². The molecule has 5 nitrogen and oxygen atoms in total. The summed E-state index contributed by atoms with van der Waals surface area (Å²) >= 11 is 3.13. The summed E-state index contributed by atoms with van der Waals surface area (Å²) in [5, 5.41) is 4.56. The number of likely N-dealkylation sites (tertiary alicyclic amines) is 1. The SMILES string of the molecule is O=C(c1ccsc1)N1CC2=CN(Cc3ccc(Oc4nc5ccccc5s4)cc3)CC2C1. The van der Waals surface area contributed by atoms with Crippen LogP contribution in [0.3, 0.4) is 0 Å². The van der Waals surface area contributed by atoms with Gasteiger partial charge in [-0.2, -0.15) is 11.3 Å². The van der Waals surface area contributed by atoms with E-state index in [1.165, 1.54) is 11.1 Å². The number of hydrogen-bond acceptors (Lipinski definition) is 6. The summed E-state index contributed by atoms with van der Waals surface area (Å²) in [5.41, 5.74) is 4.38. The van der Waals surface area contributed by atoms with Crippen molar-refractivity contribution in [2.45, 2.75) is 6.54 Å². The zero-order chi connectivity index (χ0) is 21.5. The Morgan fingerprint density at radius 3 is 2.75 bits per heavy atom. The van der Waals surface area contributed by atoms with Crippen LogP contribution in [-0.2, 0) is 6.54 Å². The van der Waals surface area contributed by atoms with Crippen molar-refractivity contribution in [3.8, 4) is 10.9 Å². The first-order valence-electron chi connectivity index (χ1n) is 10.6.